The zero-order chi connectivity index (χ0) is 14.5. The molecule has 0 aliphatic carbocycles. The fraction of sp³-hybridized carbons (Fsp3) is 0.600. The molecule has 0 saturated carbocycles. The Hall–Kier alpha value is -1.01. The number of aliphatic hydroxyl groups excluding tert-OH is 1. The minimum absolute atomic E-state index is 0. The molecule has 2 aliphatic heterocycles. The van der Waals surface area contributed by atoms with Gasteiger partial charge in [0.15, 0.2) is 0 Å². The molecule has 2 heterocycles. The highest BCUT2D eigenvalue weighted by Crippen LogP contribution is 2.38. The maximum atomic E-state index is 7.00. The van der Waals surface area contributed by atoms with Gasteiger partial charge in [-0.1, -0.05) is 6.07 Å². The van der Waals surface area contributed by atoms with E-state index in [1.807, 2.05) is 18.2 Å². The Morgan fingerprint density at radius 3 is 2.67 bits per heavy atom. The van der Waals surface area contributed by atoms with Crippen molar-refractivity contribution in [2.75, 3.05) is 20.8 Å². The van der Waals surface area contributed by atoms with Crippen LogP contribution < -0.4 is 15.2 Å². The highest BCUT2D eigenvalue weighted by atomic mass is 35.5. The third kappa shape index (κ3) is 4.01. The van der Waals surface area contributed by atoms with Crippen molar-refractivity contribution >= 4 is 12.4 Å². The van der Waals surface area contributed by atoms with Gasteiger partial charge in [0.05, 0.1) is 13.2 Å². The SMILES string of the molecule is CO.COc1ccc2c(c1)OC(C1CCCO1)CC2N.Cl. The predicted octanol–water partition coefficient (Wildman–Crippen LogP) is 2.06. The number of benzene rings is 1. The van der Waals surface area contributed by atoms with Gasteiger partial charge in [-0.2, -0.15) is 0 Å². The molecule has 0 radical (unpaired) electrons. The summed E-state index contributed by atoms with van der Waals surface area (Å²) >= 11 is 0. The lowest BCUT2D eigenvalue weighted by Gasteiger charge is -2.33. The number of methoxy groups -OCH3 is 1. The molecule has 0 bridgehead atoms. The van der Waals surface area contributed by atoms with E-state index in [2.05, 4.69) is 0 Å². The van der Waals surface area contributed by atoms with Crippen molar-refractivity contribution in [3.63, 3.8) is 0 Å². The molecule has 2 aliphatic rings. The van der Waals surface area contributed by atoms with Gasteiger partial charge in [0.25, 0.3) is 0 Å². The molecule has 1 aromatic rings. The Kier molecular flexibility index (Phi) is 7.25. The third-order valence-corrected chi connectivity index (χ3v) is 3.76. The smallest absolute Gasteiger partial charge is 0.128 e. The van der Waals surface area contributed by atoms with Crippen LogP contribution in [-0.4, -0.2) is 38.1 Å². The Balaban J connectivity index is 0.000000706. The first-order chi connectivity index (χ1) is 9.78. The maximum absolute atomic E-state index is 7.00. The minimum atomic E-state index is 0. The van der Waals surface area contributed by atoms with Crippen LogP contribution in [0.4, 0.5) is 0 Å². The highest BCUT2D eigenvalue weighted by Gasteiger charge is 2.34. The molecule has 0 amide bonds. The van der Waals surface area contributed by atoms with E-state index >= 15 is 0 Å². The summed E-state index contributed by atoms with van der Waals surface area (Å²) in [5, 5.41) is 7.00. The molecule has 6 heteroatoms. The molecule has 5 nitrogen and oxygen atoms in total. The predicted molar refractivity (Wildman–Crippen MR) is 83.3 cm³/mol. The first kappa shape index (κ1) is 18.0. The maximum Gasteiger partial charge on any atom is 0.128 e. The van der Waals surface area contributed by atoms with E-state index in [0.29, 0.717) is 0 Å². The van der Waals surface area contributed by atoms with Crippen molar-refractivity contribution in [2.24, 2.45) is 5.73 Å². The van der Waals surface area contributed by atoms with E-state index in [4.69, 9.17) is 25.1 Å². The van der Waals surface area contributed by atoms with Gasteiger partial charge < -0.3 is 25.1 Å². The molecule has 1 fully saturated rings. The van der Waals surface area contributed by atoms with E-state index in [0.717, 1.165) is 50.0 Å². The summed E-state index contributed by atoms with van der Waals surface area (Å²) < 4.78 is 17.0. The summed E-state index contributed by atoms with van der Waals surface area (Å²) in [6, 6.07) is 5.85. The standard InChI is InChI=1S/C14H19NO3.CH4O.ClH/c1-16-9-4-5-10-11(15)8-14(18-13(10)7-9)12-3-2-6-17-12;1-2;/h4-5,7,11-12,14H,2-3,6,8,15H2,1H3;2H,1H3;1H. The Morgan fingerprint density at radius 1 is 1.29 bits per heavy atom. The molecule has 21 heavy (non-hydrogen) atoms. The van der Waals surface area contributed by atoms with E-state index in [9.17, 15) is 0 Å². The lowest BCUT2D eigenvalue weighted by molar-refractivity contribution is -0.00205. The van der Waals surface area contributed by atoms with Crippen molar-refractivity contribution in [1.29, 1.82) is 0 Å². The second-order valence-electron chi connectivity index (χ2n) is 4.95. The summed E-state index contributed by atoms with van der Waals surface area (Å²) in [6.45, 7) is 0.838. The molecule has 1 saturated heterocycles. The highest BCUT2D eigenvalue weighted by molar-refractivity contribution is 5.85. The van der Waals surface area contributed by atoms with Crippen LogP contribution in [0.1, 0.15) is 30.9 Å². The number of nitrogens with two attached hydrogens (primary N) is 1. The van der Waals surface area contributed by atoms with Gasteiger partial charge in [0.2, 0.25) is 0 Å². The Labute approximate surface area is 131 Å². The quantitative estimate of drug-likeness (QED) is 0.873. The van der Waals surface area contributed by atoms with Gasteiger partial charge in [-0.15, -0.1) is 12.4 Å². The van der Waals surface area contributed by atoms with Crippen LogP contribution in [0.5, 0.6) is 11.5 Å². The summed E-state index contributed by atoms with van der Waals surface area (Å²) in [4.78, 5) is 0. The van der Waals surface area contributed by atoms with Crippen molar-refractivity contribution in [1.82, 2.24) is 0 Å². The molecular formula is C15H24ClNO4. The van der Waals surface area contributed by atoms with Gasteiger partial charge >= 0.3 is 0 Å². The van der Waals surface area contributed by atoms with Crippen molar-refractivity contribution < 1.29 is 19.3 Å². The molecular weight excluding hydrogens is 294 g/mol. The average Bonchev–Trinajstić information content (AvgIpc) is 3.03. The largest absolute Gasteiger partial charge is 0.497 e. The minimum Gasteiger partial charge on any atom is -0.497 e. The number of ether oxygens (including phenoxy) is 3. The lowest BCUT2D eigenvalue weighted by atomic mass is 9.94. The van der Waals surface area contributed by atoms with Crippen LogP contribution in [-0.2, 0) is 4.74 Å². The van der Waals surface area contributed by atoms with Crippen LogP contribution in [0, 0.1) is 0 Å². The fourth-order valence-corrected chi connectivity index (χ4v) is 2.76. The van der Waals surface area contributed by atoms with Crippen molar-refractivity contribution in [2.45, 2.75) is 37.5 Å². The molecule has 3 rings (SSSR count). The van der Waals surface area contributed by atoms with Gasteiger partial charge in [0, 0.05) is 37.8 Å². The summed E-state index contributed by atoms with van der Waals surface area (Å²) in [5.74, 6) is 1.64. The van der Waals surface area contributed by atoms with E-state index in [1.165, 1.54) is 0 Å². The Bertz CT molecular complexity index is 438. The van der Waals surface area contributed by atoms with Crippen molar-refractivity contribution in [3.05, 3.63) is 23.8 Å². The molecule has 3 atom stereocenters. The zero-order valence-corrected chi connectivity index (χ0v) is 13.3. The van der Waals surface area contributed by atoms with Gasteiger partial charge in [-0.25, -0.2) is 0 Å². The molecule has 120 valence electrons. The van der Waals surface area contributed by atoms with Crippen LogP contribution >= 0.6 is 12.4 Å². The number of hydrogen-bond donors (Lipinski definition) is 2. The van der Waals surface area contributed by atoms with Crippen LogP contribution in [0.3, 0.4) is 0 Å². The molecule has 0 spiro atoms. The third-order valence-electron chi connectivity index (χ3n) is 3.76. The first-order valence-electron chi connectivity index (χ1n) is 6.94. The second-order valence-corrected chi connectivity index (χ2v) is 4.95. The molecule has 1 aromatic carbocycles. The summed E-state index contributed by atoms with van der Waals surface area (Å²) in [6.07, 6.45) is 3.27. The number of fused-ring (bicyclic) bond motifs is 1. The lowest BCUT2D eigenvalue weighted by Crippen LogP contribution is -2.38. The molecule has 3 N–H and O–H groups in total. The normalized spacial score (nSPS) is 26.6. The monoisotopic (exact) mass is 317 g/mol. The molecule has 0 aromatic heterocycles. The number of rotatable bonds is 2. The zero-order valence-electron chi connectivity index (χ0n) is 12.5. The average molecular weight is 318 g/mol. The number of aliphatic hydroxyl groups is 1. The fourth-order valence-electron chi connectivity index (χ4n) is 2.76. The summed E-state index contributed by atoms with van der Waals surface area (Å²) in [7, 11) is 2.65. The Morgan fingerprint density at radius 2 is 2.05 bits per heavy atom. The van der Waals surface area contributed by atoms with Crippen molar-refractivity contribution in [3.8, 4) is 11.5 Å². The van der Waals surface area contributed by atoms with E-state index in [1.54, 1.807) is 7.11 Å². The van der Waals surface area contributed by atoms with Gasteiger partial charge in [0.1, 0.15) is 17.6 Å². The topological polar surface area (TPSA) is 73.9 Å². The van der Waals surface area contributed by atoms with Crippen LogP contribution in [0.25, 0.3) is 0 Å². The first-order valence-corrected chi connectivity index (χ1v) is 6.94. The molecule has 3 unspecified atom stereocenters. The van der Waals surface area contributed by atoms with Gasteiger partial charge in [-0.05, 0) is 18.9 Å². The van der Waals surface area contributed by atoms with Gasteiger partial charge in [-0.3, -0.25) is 0 Å². The number of halogens is 1. The van der Waals surface area contributed by atoms with E-state index < -0.39 is 0 Å². The van der Waals surface area contributed by atoms with E-state index in [-0.39, 0.29) is 30.7 Å². The van der Waals surface area contributed by atoms with Crippen LogP contribution in [0.15, 0.2) is 18.2 Å². The van der Waals surface area contributed by atoms with Crippen LogP contribution in [0.2, 0.25) is 0 Å². The summed E-state index contributed by atoms with van der Waals surface area (Å²) in [5.41, 5.74) is 7.28. The second kappa shape index (κ2) is 8.44. The number of hydrogen-bond acceptors (Lipinski definition) is 5.